The Morgan fingerprint density at radius 1 is 1.14 bits per heavy atom. The second-order valence-electron chi connectivity index (χ2n) is 6.23. The Bertz CT molecular complexity index is 1170. The Hall–Kier alpha value is -3.62. The summed E-state index contributed by atoms with van der Waals surface area (Å²) in [5.41, 5.74) is 0.999. The van der Waals surface area contributed by atoms with Crippen LogP contribution in [-0.2, 0) is 13.2 Å². The molecule has 0 atom stereocenters. The van der Waals surface area contributed by atoms with Crippen LogP contribution in [0.4, 0.5) is 24.8 Å². The lowest BCUT2D eigenvalue weighted by atomic mass is 10.0. The van der Waals surface area contributed by atoms with Gasteiger partial charge in [0.25, 0.3) is 0 Å². The second-order valence-corrected chi connectivity index (χ2v) is 6.23. The van der Waals surface area contributed by atoms with Gasteiger partial charge in [-0.25, -0.2) is 9.67 Å². The third-order valence-corrected chi connectivity index (χ3v) is 4.34. The van der Waals surface area contributed by atoms with E-state index in [1.54, 1.807) is 19.2 Å². The first-order valence-electron chi connectivity index (χ1n) is 8.55. The minimum atomic E-state index is -4.48. The molecule has 0 saturated carbocycles. The van der Waals surface area contributed by atoms with Gasteiger partial charge in [0.2, 0.25) is 5.95 Å². The number of rotatable bonds is 4. The van der Waals surface area contributed by atoms with Crippen LogP contribution in [0.3, 0.4) is 0 Å². The van der Waals surface area contributed by atoms with Crippen LogP contribution < -0.4 is 10.1 Å². The molecule has 147 valence electrons. The van der Waals surface area contributed by atoms with E-state index in [0.717, 1.165) is 17.8 Å². The van der Waals surface area contributed by atoms with Crippen LogP contribution in [0.2, 0.25) is 0 Å². The summed E-state index contributed by atoms with van der Waals surface area (Å²) in [6.07, 6.45) is -2.95. The van der Waals surface area contributed by atoms with Crippen molar-refractivity contribution in [2.24, 2.45) is 7.05 Å². The van der Waals surface area contributed by atoms with Gasteiger partial charge in [-0.3, -0.25) is 0 Å². The molecule has 0 saturated heterocycles. The van der Waals surface area contributed by atoms with E-state index in [9.17, 15) is 13.2 Å². The van der Waals surface area contributed by atoms with E-state index in [0.29, 0.717) is 22.7 Å². The zero-order valence-electron chi connectivity index (χ0n) is 15.4. The maximum atomic E-state index is 13.2. The number of nitrogens with one attached hydrogen (secondary N) is 1. The number of ether oxygens (including phenoxy) is 1. The Morgan fingerprint density at radius 2 is 1.90 bits per heavy atom. The molecule has 6 nitrogen and oxygen atoms in total. The van der Waals surface area contributed by atoms with Crippen LogP contribution in [0, 0.1) is 6.07 Å². The molecule has 29 heavy (non-hydrogen) atoms. The molecular weight excluding hydrogens is 383 g/mol. The van der Waals surface area contributed by atoms with E-state index < -0.39 is 11.7 Å². The van der Waals surface area contributed by atoms with Crippen molar-refractivity contribution in [2.45, 2.75) is 6.18 Å². The van der Waals surface area contributed by atoms with Crippen molar-refractivity contribution in [3.05, 3.63) is 60.3 Å². The fourth-order valence-electron chi connectivity index (χ4n) is 2.97. The predicted molar refractivity (Wildman–Crippen MR) is 102 cm³/mol. The molecule has 4 rings (SSSR count). The number of methoxy groups -OCH3 is 1. The van der Waals surface area contributed by atoms with Gasteiger partial charge >= 0.3 is 6.18 Å². The lowest BCUT2D eigenvalue weighted by Crippen LogP contribution is -2.05. The summed E-state index contributed by atoms with van der Waals surface area (Å²) in [5.74, 6) is 0.620. The average Bonchev–Trinajstić information content (AvgIpc) is 3.03. The predicted octanol–water partition coefficient (Wildman–Crippen LogP) is 4.60. The summed E-state index contributed by atoms with van der Waals surface area (Å²) in [6.45, 7) is 0. The molecule has 2 heterocycles. The number of aryl methyl sites for hydroxylation is 1. The fourth-order valence-corrected chi connectivity index (χ4v) is 2.97. The normalized spacial score (nSPS) is 11.6. The van der Waals surface area contributed by atoms with Gasteiger partial charge in [-0.15, -0.1) is 0 Å². The highest BCUT2D eigenvalue weighted by Crippen LogP contribution is 2.38. The molecule has 0 unspecified atom stereocenters. The smallest absolute Gasteiger partial charge is 0.416 e. The number of fused-ring (bicyclic) bond motifs is 1. The molecule has 2 aromatic carbocycles. The number of nitrogens with zero attached hydrogens (tertiary/aromatic N) is 4. The van der Waals surface area contributed by atoms with Crippen LogP contribution in [0.1, 0.15) is 5.56 Å². The highest BCUT2D eigenvalue weighted by atomic mass is 19.4. The highest BCUT2D eigenvalue weighted by Gasteiger charge is 2.32. The lowest BCUT2D eigenvalue weighted by molar-refractivity contribution is -0.137. The van der Waals surface area contributed by atoms with Gasteiger partial charge in [0.15, 0.2) is 5.65 Å². The summed E-state index contributed by atoms with van der Waals surface area (Å²) < 4.78 is 46.3. The van der Waals surface area contributed by atoms with Crippen molar-refractivity contribution in [3.8, 4) is 17.0 Å². The molecule has 0 aliphatic heterocycles. The Labute approximate surface area is 164 Å². The van der Waals surface area contributed by atoms with E-state index in [-0.39, 0.29) is 11.3 Å². The molecule has 0 aliphatic carbocycles. The van der Waals surface area contributed by atoms with Crippen molar-refractivity contribution in [2.75, 3.05) is 12.4 Å². The van der Waals surface area contributed by atoms with Gasteiger partial charge in [-0.05, 0) is 36.4 Å². The van der Waals surface area contributed by atoms with E-state index in [2.05, 4.69) is 26.4 Å². The van der Waals surface area contributed by atoms with Crippen LogP contribution in [0.5, 0.6) is 5.75 Å². The molecule has 1 radical (unpaired) electrons. The molecule has 0 fully saturated rings. The third-order valence-electron chi connectivity index (χ3n) is 4.34. The SMILES string of the molecule is COc1ccc(C(F)(F)F)cc1-c1nn(C)c2nc(Nc3cc[c]cc3)ncc12. The van der Waals surface area contributed by atoms with E-state index in [1.807, 2.05) is 12.1 Å². The molecule has 4 aromatic rings. The molecular formula is C20H15F3N5O. The first kappa shape index (κ1) is 18.7. The summed E-state index contributed by atoms with van der Waals surface area (Å²) in [5, 5.41) is 7.95. The van der Waals surface area contributed by atoms with Gasteiger partial charge in [-0.2, -0.15) is 23.3 Å². The van der Waals surface area contributed by atoms with Crippen LogP contribution in [-0.4, -0.2) is 26.9 Å². The fraction of sp³-hybridized carbons (Fsp3) is 0.150. The van der Waals surface area contributed by atoms with Crippen LogP contribution in [0.25, 0.3) is 22.3 Å². The monoisotopic (exact) mass is 398 g/mol. The molecule has 0 amide bonds. The third kappa shape index (κ3) is 3.58. The minimum Gasteiger partial charge on any atom is -0.496 e. The van der Waals surface area contributed by atoms with Gasteiger partial charge in [-0.1, -0.05) is 12.1 Å². The highest BCUT2D eigenvalue weighted by molar-refractivity contribution is 5.93. The first-order chi connectivity index (χ1) is 13.9. The van der Waals surface area contributed by atoms with E-state index >= 15 is 0 Å². The largest absolute Gasteiger partial charge is 0.496 e. The molecule has 0 aliphatic rings. The van der Waals surface area contributed by atoms with Gasteiger partial charge in [0.05, 0.1) is 18.1 Å². The summed E-state index contributed by atoms with van der Waals surface area (Å²) in [6, 6.07) is 13.3. The standard InChI is InChI=1S/C20H15F3N5O/c1-28-18-15(11-24-19(26-18)25-13-6-4-3-5-7-13)17(27-28)14-10-12(20(21,22)23)8-9-16(14)29-2/h4-11H,1-2H3,(H,24,25,26). The molecule has 0 bridgehead atoms. The molecule has 2 aromatic heterocycles. The number of hydrogen-bond acceptors (Lipinski definition) is 5. The van der Waals surface area contributed by atoms with Crippen molar-refractivity contribution < 1.29 is 17.9 Å². The Balaban J connectivity index is 1.82. The lowest BCUT2D eigenvalue weighted by Gasteiger charge is -2.11. The summed E-state index contributed by atoms with van der Waals surface area (Å²) >= 11 is 0. The number of aromatic nitrogens is 4. The van der Waals surface area contributed by atoms with Gasteiger partial charge < -0.3 is 10.1 Å². The molecule has 1 N–H and O–H groups in total. The van der Waals surface area contributed by atoms with E-state index in [1.165, 1.54) is 24.1 Å². The molecule has 9 heteroatoms. The minimum absolute atomic E-state index is 0.218. The number of alkyl halides is 3. The van der Waals surface area contributed by atoms with E-state index in [4.69, 9.17) is 4.74 Å². The topological polar surface area (TPSA) is 64.9 Å². The van der Waals surface area contributed by atoms with Crippen molar-refractivity contribution in [3.63, 3.8) is 0 Å². The average molecular weight is 398 g/mol. The number of halogens is 3. The Kier molecular flexibility index (Phi) is 4.57. The zero-order chi connectivity index (χ0) is 20.6. The molecule has 0 spiro atoms. The number of hydrogen-bond donors (Lipinski definition) is 1. The van der Waals surface area contributed by atoms with Crippen molar-refractivity contribution in [1.82, 2.24) is 19.7 Å². The van der Waals surface area contributed by atoms with Gasteiger partial charge in [0.1, 0.15) is 11.4 Å². The number of benzene rings is 2. The van der Waals surface area contributed by atoms with Crippen LogP contribution in [0.15, 0.2) is 48.7 Å². The summed E-state index contributed by atoms with van der Waals surface area (Å²) in [4.78, 5) is 8.73. The second kappa shape index (κ2) is 7.08. The van der Waals surface area contributed by atoms with Gasteiger partial charge in [0, 0.05) is 24.5 Å². The number of anilines is 2. The van der Waals surface area contributed by atoms with Crippen LogP contribution >= 0.6 is 0 Å². The van der Waals surface area contributed by atoms with Crippen molar-refractivity contribution in [1.29, 1.82) is 0 Å². The zero-order valence-corrected chi connectivity index (χ0v) is 15.4. The maximum Gasteiger partial charge on any atom is 0.416 e. The maximum absolute atomic E-state index is 13.2. The quantitative estimate of drug-likeness (QED) is 0.544. The first-order valence-corrected chi connectivity index (χ1v) is 8.55. The van der Waals surface area contributed by atoms with Crippen molar-refractivity contribution >= 4 is 22.7 Å². The Morgan fingerprint density at radius 3 is 2.59 bits per heavy atom. The summed E-state index contributed by atoms with van der Waals surface area (Å²) in [7, 11) is 3.06.